The van der Waals surface area contributed by atoms with Gasteiger partial charge in [-0.05, 0) is 23.6 Å². The van der Waals surface area contributed by atoms with Gasteiger partial charge in [-0.1, -0.05) is 12.1 Å². The maximum Gasteiger partial charge on any atom is 0.256 e. The van der Waals surface area contributed by atoms with Crippen LogP contribution in [0.3, 0.4) is 0 Å². The number of hydrogen-bond donors (Lipinski definition) is 1. The highest BCUT2D eigenvalue weighted by molar-refractivity contribution is 6.24. The fraction of sp³-hybridized carbons (Fsp3) is 0.0833. The Kier molecular flexibility index (Phi) is 1.51. The van der Waals surface area contributed by atoms with Gasteiger partial charge in [0.15, 0.2) is 0 Å². The minimum Gasteiger partial charge on any atom is -0.497 e. The van der Waals surface area contributed by atoms with Gasteiger partial charge < -0.3 is 10.1 Å². The average Bonchev–Trinajstić information content (AvgIpc) is 2.58. The molecule has 0 aliphatic carbocycles. The summed E-state index contributed by atoms with van der Waals surface area (Å²) in [5.41, 5.74) is 1.58. The summed E-state index contributed by atoms with van der Waals surface area (Å²) >= 11 is 0. The van der Waals surface area contributed by atoms with Gasteiger partial charge in [-0.3, -0.25) is 4.79 Å². The van der Waals surface area contributed by atoms with Crippen molar-refractivity contribution in [3.8, 4) is 5.75 Å². The van der Waals surface area contributed by atoms with Crippen LogP contribution in [-0.4, -0.2) is 13.0 Å². The number of rotatable bonds is 1. The zero-order valence-corrected chi connectivity index (χ0v) is 8.20. The molecule has 0 fully saturated rings. The monoisotopic (exact) mass is 199 g/mol. The van der Waals surface area contributed by atoms with Gasteiger partial charge in [0.25, 0.3) is 5.91 Å². The average molecular weight is 199 g/mol. The largest absolute Gasteiger partial charge is 0.497 e. The van der Waals surface area contributed by atoms with Crippen LogP contribution in [0.1, 0.15) is 10.4 Å². The molecule has 1 heterocycles. The van der Waals surface area contributed by atoms with Gasteiger partial charge in [-0.2, -0.15) is 0 Å². The van der Waals surface area contributed by atoms with E-state index in [1.807, 2.05) is 24.3 Å². The van der Waals surface area contributed by atoms with Crippen molar-refractivity contribution >= 4 is 22.4 Å². The number of carbonyl (C=O) groups excluding carboxylic acids is 1. The van der Waals surface area contributed by atoms with Gasteiger partial charge in [-0.15, -0.1) is 0 Å². The molecule has 0 atom stereocenters. The van der Waals surface area contributed by atoms with Crippen LogP contribution in [0.15, 0.2) is 30.3 Å². The highest BCUT2D eigenvalue weighted by atomic mass is 16.5. The van der Waals surface area contributed by atoms with Crippen molar-refractivity contribution in [3.63, 3.8) is 0 Å². The number of ether oxygens (including phenoxy) is 1. The normalized spacial score (nSPS) is 13.0. The minimum atomic E-state index is -0.0555. The second kappa shape index (κ2) is 2.73. The second-order valence-corrected chi connectivity index (χ2v) is 3.53. The summed E-state index contributed by atoms with van der Waals surface area (Å²) < 4.78 is 5.16. The number of hydrogen-bond acceptors (Lipinski definition) is 2. The van der Waals surface area contributed by atoms with Gasteiger partial charge in [-0.25, -0.2) is 0 Å². The van der Waals surface area contributed by atoms with Crippen molar-refractivity contribution in [1.29, 1.82) is 0 Å². The first-order valence-electron chi connectivity index (χ1n) is 4.72. The van der Waals surface area contributed by atoms with Crippen LogP contribution < -0.4 is 10.1 Å². The molecule has 0 aromatic heterocycles. The summed E-state index contributed by atoms with van der Waals surface area (Å²) in [6.45, 7) is 0. The predicted octanol–water partition coefficient (Wildman–Crippen LogP) is 2.41. The Morgan fingerprint density at radius 2 is 2.13 bits per heavy atom. The minimum absolute atomic E-state index is 0.0555. The van der Waals surface area contributed by atoms with Crippen molar-refractivity contribution in [2.45, 2.75) is 0 Å². The maximum atomic E-state index is 11.6. The second-order valence-electron chi connectivity index (χ2n) is 3.53. The Balaban J connectivity index is 2.46. The molecule has 1 N–H and O–H groups in total. The van der Waals surface area contributed by atoms with Crippen LogP contribution >= 0.6 is 0 Å². The van der Waals surface area contributed by atoms with Gasteiger partial charge in [0.05, 0.1) is 12.7 Å². The Hall–Kier alpha value is -2.03. The maximum absolute atomic E-state index is 11.6. The lowest BCUT2D eigenvalue weighted by Gasteiger charge is -2.03. The van der Waals surface area contributed by atoms with Crippen LogP contribution in [-0.2, 0) is 0 Å². The Labute approximate surface area is 86.7 Å². The van der Waals surface area contributed by atoms with Crippen molar-refractivity contribution in [3.05, 3.63) is 35.9 Å². The quantitative estimate of drug-likeness (QED) is 0.765. The molecule has 74 valence electrons. The van der Waals surface area contributed by atoms with Gasteiger partial charge in [0.2, 0.25) is 0 Å². The topological polar surface area (TPSA) is 38.3 Å². The van der Waals surface area contributed by atoms with E-state index in [9.17, 15) is 4.79 Å². The first-order chi connectivity index (χ1) is 7.29. The molecule has 1 amide bonds. The molecule has 2 aromatic rings. The number of benzene rings is 2. The van der Waals surface area contributed by atoms with E-state index in [1.165, 1.54) is 0 Å². The SMILES string of the molecule is COc1cc2c3c(cccc3c1)NC2=O. The van der Waals surface area contributed by atoms with E-state index in [4.69, 9.17) is 4.74 Å². The predicted molar refractivity (Wildman–Crippen MR) is 58.5 cm³/mol. The van der Waals surface area contributed by atoms with Gasteiger partial charge in [0, 0.05) is 11.1 Å². The standard InChI is InChI=1S/C12H9NO2/c1-15-8-5-7-3-2-4-10-11(7)9(6-8)12(14)13-10/h2-6H,1H3,(H,13,14). The van der Waals surface area contributed by atoms with E-state index in [1.54, 1.807) is 13.2 Å². The van der Waals surface area contributed by atoms with E-state index >= 15 is 0 Å². The Morgan fingerprint density at radius 3 is 2.93 bits per heavy atom. The Morgan fingerprint density at radius 1 is 1.27 bits per heavy atom. The molecule has 3 rings (SSSR count). The van der Waals surface area contributed by atoms with Crippen LogP contribution in [0.5, 0.6) is 5.75 Å². The number of nitrogens with one attached hydrogen (secondary N) is 1. The molecular formula is C12H9NO2. The number of methoxy groups -OCH3 is 1. The third-order valence-electron chi connectivity index (χ3n) is 2.68. The van der Waals surface area contributed by atoms with Gasteiger partial charge in [0.1, 0.15) is 5.75 Å². The number of anilines is 1. The van der Waals surface area contributed by atoms with Crippen LogP contribution in [0.2, 0.25) is 0 Å². The molecule has 1 aliphatic rings. The molecule has 15 heavy (non-hydrogen) atoms. The molecular weight excluding hydrogens is 190 g/mol. The van der Waals surface area contributed by atoms with Crippen LogP contribution in [0.4, 0.5) is 5.69 Å². The highest BCUT2D eigenvalue weighted by Gasteiger charge is 2.21. The van der Waals surface area contributed by atoms with Gasteiger partial charge >= 0.3 is 0 Å². The first-order valence-corrected chi connectivity index (χ1v) is 4.72. The van der Waals surface area contributed by atoms with E-state index in [0.29, 0.717) is 11.3 Å². The molecule has 1 aliphatic heterocycles. The molecule has 0 radical (unpaired) electrons. The third-order valence-corrected chi connectivity index (χ3v) is 2.68. The van der Waals surface area contributed by atoms with E-state index in [2.05, 4.69) is 5.32 Å². The molecule has 0 saturated carbocycles. The molecule has 2 aromatic carbocycles. The van der Waals surface area contributed by atoms with Crippen molar-refractivity contribution in [2.24, 2.45) is 0 Å². The molecule has 3 heteroatoms. The van der Waals surface area contributed by atoms with E-state index in [-0.39, 0.29) is 5.91 Å². The third kappa shape index (κ3) is 1.03. The Bertz CT molecular complexity index is 575. The van der Waals surface area contributed by atoms with Crippen LogP contribution in [0, 0.1) is 0 Å². The van der Waals surface area contributed by atoms with Crippen LogP contribution in [0.25, 0.3) is 10.8 Å². The molecule has 0 saturated heterocycles. The summed E-state index contributed by atoms with van der Waals surface area (Å²) in [4.78, 5) is 11.6. The molecule has 0 spiro atoms. The van der Waals surface area contributed by atoms with Crippen molar-refractivity contribution in [1.82, 2.24) is 0 Å². The molecule has 3 nitrogen and oxygen atoms in total. The fourth-order valence-electron chi connectivity index (χ4n) is 1.99. The first kappa shape index (κ1) is 8.29. The highest BCUT2D eigenvalue weighted by Crippen LogP contribution is 2.35. The zero-order valence-electron chi connectivity index (χ0n) is 8.20. The molecule has 0 unspecified atom stereocenters. The van der Waals surface area contributed by atoms with E-state index < -0.39 is 0 Å². The van der Waals surface area contributed by atoms with Crippen molar-refractivity contribution < 1.29 is 9.53 Å². The number of carbonyl (C=O) groups is 1. The summed E-state index contributed by atoms with van der Waals surface area (Å²) in [5.74, 6) is 0.659. The number of amides is 1. The smallest absolute Gasteiger partial charge is 0.256 e. The lowest BCUT2D eigenvalue weighted by atomic mass is 10.1. The zero-order chi connectivity index (χ0) is 10.4. The lowest BCUT2D eigenvalue weighted by molar-refractivity contribution is 0.103. The summed E-state index contributed by atoms with van der Waals surface area (Å²) in [6, 6.07) is 9.51. The summed E-state index contributed by atoms with van der Waals surface area (Å²) in [5, 5.41) is 4.84. The summed E-state index contributed by atoms with van der Waals surface area (Å²) in [6.07, 6.45) is 0. The fourth-order valence-corrected chi connectivity index (χ4v) is 1.99. The lowest BCUT2D eigenvalue weighted by Crippen LogP contribution is -2.04. The van der Waals surface area contributed by atoms with E-state index in [0.717, 1.165) is 16.5 Å². The summed E-state index contributed by atoms with van der Waals surface area (Å²) in [7, 11) is 1.60. The molecule has 0 bridgehead atoms. The van der Waals surface area contributed by atoms with Crippen molar-refractivity contribution in [2.75, 3.05) is 12.4 Å².